The molecule has 0 unspecified atom stereocenters. The van der Waals surface area contributed by atoms with Crippen molar-refractivity contribution in [2.75, 3.05) is 0 Å². The third-order valence-corrected chi connectivity index (χ3v) is 2.33. The number of nitrogens with one attached hydrogen (secondary N) is 1. The second-order valence-corrected chi connectivity index (χ2v) is 5.08. The lowest BCUT2D eigenvalue weighted by Gasteiger charge is -2.17. The van der Waals surface area contributed by atoms with Gasteiger partial charge in [0.1, 0.15) is 6.04 Å². The summed E-state index contributed by atoms with van der Waals surface area (Å²) in [6.45, 7) is 8.12. The van der Waals surface area contributed by atoms with Crippen LogP contribution in [0.1, 0.15) is 47.0 Å². The predicted octanol–water partition coefficient (Wildman–Crippen LogP) is 1.44. The fourth-order valence-corrected chi connectivity index (χ4v) is 1.40. The first-order valence-electron chi connectivity index (χ1n) is 5.91. The lowest BCUT2D eigenvalue weighted by Crippen LogP contribution is -2.45. The van der Waals surface area contributed by atoms with Gasteiger partial charge in [0, 0.05) is 6.42 Å². The molecule has 0 radical (unpaired) electrons. The Kier molecular flexibility index (Phi) is 6.77. The Morgan fingerprint density at radius 1 is 1.12 bits per heavy atom. The van der Waals surface area contributed by atoms with Crippen molar-refractivity contribution in [1.29, 1.82) is 0 Å². The summed E-state index contributed by atoms with van der Waals surface area (Å²) in [5, 5.41) is 2.69. The molecule has 0 saturated heterocycles. The summed E-state index contributed by atoms with van der Waals surface area (Å²) in [5.41, 5.74) is 5.24. The summed E-state index contributed by atoms with van der Waals surface area (Å²) in [6.07, 6.45) is 1.89. The number of amides is 2. The van der Waals surface area contributed by atoms with Gasteiger partial charge in [0.05, 0.1) is 0 Å². The molecule has 0 fully saturated rings. The molecule has 4 nitrogen and oxygen atoms in total. The molecule has 0 aromatic carbocycles. The number of carbonyl (C=O) groups is 2. The topological polar surface area (TPSA) is 72.2 Å². The van der Waals surface area contributed by atoms with Gasteiger partial charge in [-0.25, -0.2) is 0 Å². The lowest BCUT2D eigenvalue weighted by atomic mass is 10.0. The monoisotopic (exact) mass is 228 g/mol. The molecule has 3 N–H and O–H groups in total. The van der Waals surface area contributed by atoms with Crippen LogP contribution in [0.25, 0.3) is 0 Å². The molecule has 0 aliphatic carbocycles. The molecule has 0 aromatic heterocycles. The van der Waals surface area contributed by atoms with Crippen LogP contribution in [0.3, 0.4) is 0 Å². The van der Waals surface area contributed by atoms with Gasteiger partial charge in [-0.3, -0.25) is 9.59 Å². The van der Waals surface area contributed by atoms with Crippen LogP contribution in [0.2, 0.25) is 0 Å². The first kappa shape index (κ1) is 14.9. The fourth-order valence-electron chi connectivity index (χ4n) is 1.40. The van der Waals surface area contributed by atoms with E-state index in [0.717, 1.165) is 6.42 Å². The van der Waals surface area contributed by atoms with Crippen LogP contribution in [0.15, 0.2) is 0 Å². The van der Waals surface area contributed by atoms with Crippen molar-refractivity contribution in [2.45, 2.75) is 53.0 Å². The number of primary amides is 1. The molecule has 16 heavy (non-hydrogen) atoms. The highest BCUT2D eigenvalue weighted by molar-refractivity contribution is 5.86. The summed E-state index contributed by atoms with van der Waals surface area (Å²) >= 11 is 0. The Labute approximate surface area is 98.0 Å². The summed E-state index contributed by atoms with van der Waals surface area (Å²) in [6, 6.07) is -0.528. The van der Waals surface area contributed by atoms with Crippen LogP contribution in [-0.2, 0) is 9.59 Å². The van der Waals surface area contributed by atoms with Gasteiger partial charge in [-0.2, -0.15) is 0 Å². The van der Waals surface area contributed by atoms with E-state index in [1.54, 1.807) is 0 Å². The van der Waals surface area contributed by atoms with Crippen molar-refractivity contribution < 1.29 is 9.59 Å². The van der Waals surface area contributed by atoms with Gasteiger partial charge in [-0.05, 0) is 24.7 Å². The van der Waals surface area contributed by atoms with E-state index in [1.807, 2.05) is 13.8 Å². The van der Waals surface area contributed by atoms with Gasteiger partial charge in [-0.15, -0.1) is 0 Å². The minimum Gasteiger partial charge on any atom is -0.368 e. The van der Waals surface area contributed by atoms with Crippen LogP contribution in [-0.4, -0.2) is 17.9 Å². The Balaban J connectivity index is 4.08. The van der Waals surface area contributed by atoms with E-state index in [9.17, 15) is 9.59 Å². The Bertz CT molecular complexity index is 237. The van der Waals surface area contributed by atoms with Gasteiger partial charge in [-0.1, -0.05) is 27.7 Å². The third-order valence-electron chi connectivity index (χ3n) is 2.33. The van der Waals surface area contributed by atoms with Crippen LogP contribution in [0.4, 0.5) is 0 Å². The van der Waals surface area contributed by atoms with Crippen LogP contribution >= 0.6 is 0 Å². The average molecular weight is 228 g/mol. The zero-order valence-corrected chi connectivity index (χ0v) is 10.7. The summed E-state index contributed by atoms with van der Waals surface area (Å²) in [7, 11) is 0. The minimum absolute atomic E-state index is 0.0850. The van der Waals surface area contributed by atoms with Gasteiger partial charge < -0.3 is 11.1 Å². The maximum absolute atomic E-state index is 11.5. The van der Waals surface area contributed by atoms with Gasteiger partial charge >= 0.3 is 0 Å². The molecule has 0 bridgehead atoms. The van der Waals surface area contributed by atoms with Crippen LogP contribution < -0.4 is 11.1 Å². The number of hydrogen-bond donors (Lipinski definition) is 2. The molecule has 2 amide bonds. The lowest BCUT2D eigenvalue weighted by molar-refractivity contribution is -0.127. The largest absolute Gasteiger partial charge is 0.368 e. The van der Waals surface area contributed by atoms with E-state index in [2.05, 4.69) is 19.2 Å². The van der Waals surface area contributed by atoms with Crippen molar-refractivity contribution >= 4 is 11.8 Å². The molecule has 0 saturated carbocycles. The summed E-state index contributed by atoms with van der Waals surface area (Å²) in [4.78, 5) is 22.6. The Morgan fingerprint density at radius 3 is 2.06 bits per heavy atom. The molecule has 0 aliphatic rings. The zero-order valence-electron chi connectivity index (χ0n) is 10.7. The second-order valence-electron chi connectivity index (χ2n) is 5.08. The van der Waals surface area contributed by atoms with Crippen molar-refractivity contribution in [2.24, 2.45) is 17.6 Å². The van der Waals surface area contributed by atoms with Gasteiger partial charge in [0.2, 0.25) is 11.8 Å². The van der Waals surface area contributed by atoms with Crippen molar-refractivity contribution in [3.63, 3.8) is 0 Å². The third kappa shape index (κ3) is 7.26. The summed E-state index contributed by atoms with van der Waals surface area (Å²) in [5.74, 6) is 0.288. The quantitative estimate of drug-likeness (QED) is 0.692. The first-order chi connectivity index (χ1) is 7.32. The number of carbonyl (C=O) groups excluding carboxylic acids is 2. The maximum Gasteiger partial charge on any atom is 0.240 e. The molecule has 0 aliphatic heterocycles. The highest BCUT2D eigenvalue weighted by Crippen LogP contribution is 2.06. The van der Waals surface area contributed by atoms with Gasteiger partial charge in [0.15, 0.2) is 0 Å². The van der Waals surface area contributed by atoms with Crippen molar-refractivity contribution in [3.8, 4) is 0 Å². The smallest absolute Gasteiger partial charge is 0.240 e. The highest BCUT2D eigenvalue weighted by Gasteiger charge is 2.18. The van der Waals surface area contributed by atoms with E-state index >= 15 is 0 Å². The van der Waals surface area contributed by atoms with Gasteiger partial charge in [0.25, 0.3) is 0 Å². The Hall–Kier alpha value is -1.06. The van der Waals surface area contributed by atoms with Crippen molar-refractivity contribution in [3.05, 3.63) is 0 Å². The maximum atomic E-state index is 11.5. The molecular formula is C12H24N2O2. The van der Waals surface area contributed by atoms with E-state index in [4.69, 9.17) is 5.73 Å². The van der Waals surface area contributed by atoms with Crippen LogP contribution in [0, 0.1) is 11.8 Å². The molecule has 0 rings (SSSR count). The standard InChI is InChI=1S/C12H24N2O2/c1-8(2)5-6-11(15)14-10(12(13)16)7-9(3)4/h8-10H,5-7H2,1-4H3,(H2,13,16)(H,14,15)/t10-/m1/s1. The average Bonchev–Trinajstić information content (AvgIpc) is 2.12. The Morgan fingerprint density at radius 2 is 1.69 bits per heavy atom. The first-order valence-corrected chi connectivity index (χ1v) is 5.91. The van der Waals surface area contributed by atoms with Crippen molar-refractivity contribution in [1.82, 2.24) is 5.32 Å². The van der Waals surface area contributed by atoms with E-state index in [0.29, 0.717) is 24.7 Å². The fraction of sp³-hybridized carbons (Fsp3) is 0.833. The van der Waals surface area contributed by atoms with E-state index in [1.165, 1.54) is 0 Å². The molecule has 94 valence electrons. The number of hydrogen-bond acceptors (Lipinski definition) is 2. The van der Waals surface area contributed by atoms with E-state index in [-0.39, 0.29) is 5.91 Å². The second kappa shape index (κ2) is 7.25. The predicted molar refractivity (Wildman–Crippen MR) is 64.7 cm³/mol. The van der Waals surface area contributed by atoms with Crippen LogP contribution in [0.5, 0.6) is 0 Å². The highest BCUT2D eigenvalue weighted by atomic mass is 16.2. The SMILES string of the molecule is CC(C)CCC(=O)N[C@H](CC(C)C)C(N)=O. The molecule has 0 heterocycles. The molecular weight excluding hydrogens is 204 g/mol. The molecule has 0 spiro atoms. The molecule has 1 atom stereocenters. The molecule has 0 aromatic rings. The number of nitrogens with two attached hydrogens (primary N) is 1. The molecule has 4 heteroatoms. The zero-order chi connectivity index (χ0) is 12.7. The number of rotatable bonds is 7. The summed E-state index contributed by atoms with van der Waals surface area (Å²) < 4.78 is 0. The van der Waals surface area contributed by atoms with E-state index < -0.39 is 11.9 Å². The minimum atomic E-state index is -0.528. The normalized spacial score (nSPS) is 12.9.